The Morgan fingerprint density at radius 2 is 1.91 bits per heavy atom. The number of allylic oxidation sites excluding steroid dienone is 1. The highest BCUT2D eigenvalue weighted by Crippen LogP contribution is 2.67. The fraction of sp³-hybridized carbons (Fsp3) is 0.862. The van der Waals surface area contributed by atoms with Crippen LogP contribution in [-0.2, 0) is 14.3 Å². The Bertz CT molecular complexity index is 741. The zero-order chi connectivity index (χ0) is 23.1. The van der Waals surface area contributed by atoms with E-state index in [1.807, 2.05) is 0 Å². The van der Waals surface area contributed by atoms with E-state index in [0.29, 0.717) is 10.8 Å². The van der Waals surface area contributed by atoms with Gasteiger partial charge in [-0.25, -0.2) is 0 Å². The Hall–Kier alpha value is -1.12. The highest BCUT2D eigenvalue weighted by molar-refractivity contribution is 5.66. The fourth-order valence-electron chi connectivity index (χ4n) is 8.97. The monoisotopic (exact) mass is 442 g/mol. The van der Waals surface area contributed by atoms with Gasteiger partial charge in [0.25, 0.3) is 0 Å². The fourth-order valence-corrected chi connectivity index (χ4v) is 8.97. The highest BCUT2D eigenvalue weighted by Gasteiger charge is 2.59. The lowest BCUT2D eigenvalue weighted by Gasteiger charge is -2.58. The van der Waals surface area contributed by atoms with E-state index in [1.54, 1.807) is 12.5 Å². The van der Waals surface area contributed by atoms with Gasteiger partial charge in [-0.15, -0.1) is 0 Å². The third-order valence-corrected chi connectivity index (χ3v) is 10.7. The summed E-state index contributed by atoms with van der Waals surface area (Å²) in [6.07, 6.45) is 17.3. The van der Waals surface area contributed by atoms with Gasteiger partial charge < -0.3 is 9.53 Å². The van der Waals surface area contributed by atoms with Crippen LogP contribution in [0.2, 0.25) is 0 Å². The van der Waals surface area contributed by atoms with E-state index in [2.05, 4.69) is 33.8 Å². The molecule has 0 radical (unpaired) electrons. The number of carbonyl (C=O) groups is 2. The summed E-state index contributed by atoms with van der Waals surface area (Å²) < 4.78 is 5.60. The Labute approximate surface area is 196 Å². The van der Waals surface area contributed by atoms with Crippen molar-refractivity contribution in [1.82, 2.24) is 0 Å². The second-order valence-electron chi connectivity index (χ2n) is 12.5. The summed E-state index contributed by atoms with van der Waals surface area (Å²) in [5.74, 6) is 4.20. The molecule has 3 nitrogen and oxygen atoms in total. The van der Waals surface area contributed by atoms with Crippen LogP contribution in [-0.4, -0.2) is 18.4 Å². The Morgan fingerprint density at radius 1 is 1.12 bits per heavy atom. The average molecular weight is 443 g/mol. The molecule has 0 aliphatic heterocycles. The van der Waals surface area contributed by atoms with Crippen molar-refractivity contribution >= 4 is 12.3 Å². The lowest BCUT2D eigenvalue weighted by molar-refractivity contribution is -0.148. The van der Waals surface area contributed by atoms with E-state index in [4.69, 9.17) is 4.74 Å². The first-order chi connectivity index (χ1) is 15.2. The first-order valence-electron chi connectivity index (χ1n) is 13.5. The van der Waals surface area contributed by atoms with Gasteiger partial charge in [-0.3, -0.25) is 4.79 Å². The summed E-state index contributed by atoms with van der Waals surface area (Å²) in [4.78, 5) is 22.5. The molecule has 0 aromatic rings. The maximum absolute atomic E-state index is 11.5. The predicted molar refractivity (Wildman–Crippen MR) is 129 cm³/mol. The van der Waals surface area contributed by atoms with Crippen molar-refractivity contribution in [2.45, 2.75) is 111 Å². The lowest BCUT2D eigenvalue weighted by Crippen LogP contribution is -2.51. The van der Waals surface area contributed by atoms with Gasteiger partial charge in [0.05, 0.1) is 0 Å². The molecule has 3 fully saturated rings. The van der Waals surface area contributed by atoms with Gasteiger partial charge in [0.2, 0.25) is 0 Å². The van der Waals surface area contributed by atoms with E-state index in [1.165, 1.54) is 51.4 Å². The number of carbonyl (C=O) groups excluding carboxylic acids is 2. The molecule has 9 atom stereocenters. The molecule has 3 saturated carbocycles. The summed E-state index contributed by atoms with van der Waals surface area (Å²) in [5.41, 5.74) is 2.40. The van der Waals surface area contributed by atoms with Crippen molar-refractivity contribution in [2.75, 3.05) is 0 Å². The van der Waals surface area contributed by atoms with E-state index in [-0.39, 0.29) is 18.0 Å². The molecular formula is C29H46O3. The number of aldehydes is 1. The van der Waals surface area contributed by atoms with E-state index in [0.717, 1.165) is 55.1 Å². The van der Waals surface area contributed by atoms with Crippen LogP contribution in [0.15, 0.2) is 11.6 Å². The largest absolute Gasteiger partial charge is 0.462 e. The summed E-state index contributed by atoms with van der Waals surface area (Å²) in [6.45, 7) is 11.3. The molecule has 4 aliphatic carbocycles. The van der Waals surface area contributed by atoms with Gasteiger partial charge in [0, 0.05) is 19.3 Å². The predicted octanol–water partition coefficient (Wildman–Crippen LogP) is 7.14. The maximum Gasteiger partial charge on any atom is 0.302 e. The molecular weight excluding hydrogens is 396 g/mol. The van der Waals surface area contributed by atoms with Crippen molar-refractivity contribution in [2.24, 2.45) is 46.3 Å². The maximum atomic E-state index is 11.5. The zero-order valence-corrected chi connectivity index (χ0v) is 21.2. The topological polar surface area (TPSA) is 43.4 Å². The zero-order valence-electron chi connectivity index (χ0n) is 21.2. The van der Waals surface area contributed by atoms with Crippen molar-refractivity contribution < 1.29 is 14.3 Å². The summed E-state index contributed by atoms with van der Waals surface area (Å²) >= 11 is 0. The van der Waals surface area contributed by atoms with Crippen LogP contribution < -0.4 is 0 Å². The Morgan fingerprint density at radius 3 is 2.62 bits per heavy atom. The van der Waals surface area contributed by atoms with Crippen LogP contribution >= 0.6 is 0 Å². The molecule has 0 N–H and O–H groups in total. The molecule has 32 heavy (non-hydrogen) atoms. The SMILES string of the molecule is CC(=O)O[C@H]1CC[C@@]2(C)C(=CC[C@H]3[C@@H]4CC[C@H]([C@H](C)CCCC(C)C=O)[C@@]4(C)CC[C@@H]32)C1. The van der Waals surface area contributed by atoms with Gasteiger partial charge in [-0.1, -0.05) is 52.2 Å². The second kappa shape index (κ2) is 9.26. The molecule has 1 unspecified atom stereocenters. The number of esters is 1. The minimum Gasteiger partial charge on any atom is -0.462 e. The highest BCUT2D eigenvalue weighted by atomic mass is 16.5. The van der Waals surface area contributed by atoms with Crippen LogP contribution in [0.1, 0.15) is 105 Å². The number of hydrogen-bond donors (Lipinski definition) is 0. The molecule has 0 spiro atoms. The first kappa shape index (κ1) is 24.0. The molecule has 0 heterocycles. The Kier molecular flexibility index (Phi) is 6.95. The molecule has 0 amide bonds. The second-order valence-corrected chi connectivity index (χ2v) is 12.5. The molecule has 0 saturated heterocycles. The summed E-state index contributed by atoms with van der Waals surface area (Å²) in [6, 6.07) is 0. The van der Waals surface area contributed by atoms with Gasteiger partial charge >= 0.3 is 5.97 Å². The lowest BCUT2D eigenvalue weighted by atomic mass is 9.47. The molecule has 3 heteroatoms. The number of rotatable bonds is 7. The number of fused-ring (bicyclic) bond motifs is 5. The standard InChI is InChI=1S/C29H46O3/c1-19(18-30)7-6-8-20(2)25-11-12-26-24-10-9-22-17-23(32-21(3)31)13-15-28(22,4)27(24)14-16-29(25,26)5/h9,18-20,23-27H,6-8,10-17H2,1-5H3/t19?,20-,23+,24+,25-,26+,27+,28+,29-/m1/s1. The van der Waals surface area contributed by atoms with Gasteiger partial charge in [-0.05, 0) is 91.8 Å². The van der Waals surface area contributed by atoms with Crippen LogP contribution in [0, 0.1) is 46.3 Å². The molecule has 0 bridgehead atoms. The molecule has 4 aliphatic rings. The minimum absolute atomic E-state index is 0.0934. The van der Waals surface area contributed by atoms with Crippen LogP contribution in [0.3, 0.4) is 0 Å². The smallest absolute Gasteiger partial charge is 0.302 e. The summed E-state index contributed by atoms with van der Waals surface area (Å²) in [7, 11) is 0. The van der Waals surface area contributed by atoms with Crippen molar-refractivity contribution in [1.29, 1.82) is 0 Å². The quantitative estimate of drug-likeness (QED) is 0.239. The Balaban J connectivity index is 1.45. The third-order valence-electron chi connectivity index (χ3n) is 10.7. The van der Waals surface area contributed by atoms with Crippen LogP contribution in [0.4, 0.5) is 0 Å². The third kappa shape index (κ3) is 4.23. The van der Waals surface area contributed by atoms with Crippen LogP contribution in [0.5, 0.6) is 0 Å². The molecule has 4 rings (SSSR count). The van der Waals surface area contributed by atoms with E-state index >= 15 is 0 Å². The molecule has 0 aromatic carbocycles. The molecule has 0 aromatic heterocycles. The van der Waals surface area contributed by atoms with E-state index < -0.39 is 0 Å². The summed E-state index contributed by atoms with van der Waals surface area (Å²) in [5, 5.41) is 0. The van der Waals surface area contributed by atoms with Crippen LogP contribution in [0.25, 0.3) is 0 Å². The van der Waals surface area contributed by atoms with Gasteiger partial charge in [0.15, 0.2) is 0 Å². The number of hydrogen-bond acceptors (Lipinski definition) is 3. The minimum atomic E-state index is -0.131. The normalized spacial score (nSPS) is 42.7. The van der Waals surface area contributed by atoms with Gasteiger partial charge in [0.1, 0.15) is 12.4 Å². The molecule has 180 valence electrons. The van der Waals surface area contributed by atoms with Gasteiger partial charge in [-0.2, -0.15) is 0 Å². The van der Waals surface area contributed by atoms with E-state index in [9.17, 15) is 9.59 Å². The first-order valence-corrected chi connectivity index (χ1v) is 13.5. The van der Waals surface area contributed by atoms with Crippen molar-refractivity contribution in [3.8, 4) is 0 Å². The van der Waals surface area contributed by atoms with Crippen molar-refractivity contribution in [3.05, 3.63) is 11.6 Å². The number of ether oxygens (including phenoxy) is 1. The average Bonchev–Trinajstić information content (AvgIpc) is 3.10. The van der Waals surface area contributed by atoms with Crippen molar-refractivity contribution in [3.63, 3.8) is 0 Å².